The van der Waals surface area contributed by atoms with Crippen LogP contribution in [0.25, 0.3) is 11.3 Å². The molecule has 2 atom stereocenters. The molecule has 0 spiro atoms. The van der Waals surface area contributed by atoms with Crippen molar-refractivity contribution in [1.82, 2.24) is 15.1 Å². The van der Waals surface area contributed by atoms with Gasteiger partial charge in [-0.3, -0.25) is 14.3 Å². The van der Waals surface area contributed by atoms with Gasteiger partial charge in [0.1, 0.15) is 17.1 Å². The van der Waals surface area contributed by atoms with E-state index in [0.717, 1.165) is 19.3 Å². The first-order valence-corrected chi connectivity index (χ1v) is 12.6. The third kappa shape index (κ3) is 7.12. The molecule has 1 aromatic heterocycles. The van der Waals surface area contributed by atoms with Crippen molar-refractivity contribution in [3.63, 3.8) is 0 Å². The zero-order valence-corrected chi connectivity index (χ0v) is 22.2. The lowest BCUT2D eigenvalue weighted by molar-refractivity contribution is -0.155. The van der Waals surface area contributed by atoms with Crippen LogP contribution in [0.3, 0.4) is 0 Å². The lowest BCUT2D eigenvalue weighted by atomic mass is 10.0. The van der Waals surface area contributed by atoms with Crippen LogP contribution in [0.15, 0.2) is 36.4 Å². The number of amides is 1. The van der Waals surface area contributed by atoms with Gasteiger partial charge >= 0.3 is 5.97 Å². The molecule has 0 aliphatic heterocycles. The van der Waals surface area contributed by atoms with E-state index in [9.17, 15) is 14.7 Å². The average molecular weight is 498 g/mol. The molecule has 196 valence electrons. The molecule has 8 heteroatoms. The molecule has 36 heavy (non-hydrogen) atoms. The first kappa shape index (κ1) is 27.3. The Kier molecular flexibility index (Phi) is 8.82. The molecule has 8 nitrogen and oxygen atoms in total. The normalized spacial score (nSPS) is 16.6. The standard InChI is InChI=1S/C28H39N3O5/c1-18(2)15-19(16-25(33)36-28(3,4)5)29-27(34)21-17-22(26-23(32)13-10-14-24(26)35-6)31(30-21)20-11-8-7-9-12-20/h8,10-11,13-14,17-20,32H,7,9,12,15-16H2,1-6H3,(H,29,34)/t19-,20?/m0/s1. The van der Waals surface area contributed by atoms with Crippen molar-refractivity contribution in [2.24, 2.45) is 5.92 Å². The molecule has 1 amide bonds. The largest absolute Gasteiger partial charge is 0.507 e. The van der Waals surface area contributed by atoms with E-state index in [1.807, 2.05) is 34.6 Å². The Morgan fingerprint density at radius 2 is 2.03 bits per heavy atom. The number of ether oxygens (including phenoxy) is 2. The number of carbonyl (C=O) groups is 2. The molecule has 0 saturated carbocycles. The summed E-state index contributed by atoms with van der Waals surface area (Å²) in [6.07, 6.45) is 7.77. The predicted octanol–water partition coefficient (Wildman–Crippen LogP) is 5.42. The van der Waals surface area contributed by atoms with E-state index in [1.54, 1.807) is 36.1 Å². The van der Waals surface area contributed by atoms with Crippen LogP contribution >= 0.6 is 0 Å². The van der Waals surface area contributed by atoms with Crippen LogP contribution in [-0.2, 0) is 9.53 Å². The molecule has 1 heterocycles. The Morgan fingerprint density at radius 1 is 1.28 bits per heavy atom. The number of hydrogen-bond donors (Lipinski definition) is 2. The number of rotatable bonds is 9. The molecule has 0 bridgehead atoms. The first-order chi connectivity index (χ1) is 17.0. The molecule has 1 aliphatic carbocycles. The Balaban J connectivity index is 1.94. The molecule has 3 rings (SSSR count). The summed E-state index contributed by atoms with van der Waals surface area (Å²) in [5.41, 5.74) is 0.700. The number of nitrogens with zero attached hydrogens (tertiary/aromatic N) is 2. The molecule has 1 unspecified atom stereocenters. The molecular formula is C28H39N3O5. The van der Waals surface area contributed by atoms with Crippen molar-refractivity contribution in [3.05, 3.63) is 42.1 Å². The monoisotopic (exact) mass is 497 g/mol. The van der Waals surface area contributed by atoms with Gasteiger partial charge in [0.25, 0.3) is 5.91 Å². The number of nitrogens with one attached hydrogen (secondary N) is 1. The summed E-state index contributed by atoms with van der Waals surface area (Å²) in [7, 11) is 1.54. The summed E-state index contributed by atoms with van der Waals surface area (Å²) < 4.78 is 12.8. The van der Waals surface area contributed by atoms with Crippen LogP contribution in [0.1, 0.15) is 83.3 Å². The van der Waals surface area contributed by atoms with Gasteiger partial charge in [-0.25, -0.2) is 0 Å². The second-order valence-electron chi connectivity index (χ2n) is 10.7. The molecule has 1 aliphatic rings. The van der Waals surface area contributed by atoms with Crippen molar-refractivity contribution in [2.75, 3.05) is 7.11 Å². The van der Waals surface area contributed by atoms with E-state index in [4.69, 9.17) is 9.47 Å². The minimum absolute atomic E-state index is 0.0462. The second-order valence-corrected chi connectivity index (χ2v) is 10.7. The minimum Gasteiger partial charge on any atom is -0.507 e. The molecule has 0 radical (unpaired) electrons. The quantitative estimate of drug-likeness (QED) is 0.354. The lowest BCUT2D eigenvalue weighted by Gasteiger charge is -2.23. The number of aromatic hydroxyl groups is 1. The van der Waals surface area contributed by atoms with Gasteiger partial charge in [-0.05, 0) is 70.6 Å². The number of carbonyl (C=O) groups excluding carboxylic acids is 2. The number of hydrogen-bond acceptors (Lipinski definition) is 6. The molecule has 2 aromatic rings. The molecule has 0 fully saturated rings. The Labute approximate surface area is 213 Å². The highest BCUT2D eigenvalue weighted by molar-refractivity contribution is 5.94. The van der Waals surface area contributed by atoms with Gasteiger partial charge in [-0.2, -0.15) is 5.10 Å². The summed E-state index contributed by atoms with van der Waals surface area (Å²) in [5, 5.41) is 18.4. The average Bonchev–Trinajstić information content (AvgIpc) is 3.22. The van der Waals surface area contributed by atoms with Crippen LogP contribution in [0.4, 0.5) is 0 Å². The Bertz CT molecular complexity index is 1100. The van der Waals surface area contributed by atoms with E-state index < -0.39 is 11.6 Å². The SMILES string of the molecule is COc1cccc(O)c1-c1cc(C(=O)N[C@H](CC(=O)OC(C)(C)C)CC(C)C)nn1C1C=CCCC1. The fraction of sp³-hybridized carbons (Fsp3) is 0.536. The fourth-order valence-electron chi connectivity index (χ4n) is 4.50. The van der Waals surface area contributed by atoms with Crippen LogP contribution in [0, 0.1) is 5.92 Å². The smallest absolute Gasteiger partial charge is 0.308 e. The van der Waals surface area contributed by atoms with Crippen LogP contribution in [-0.4, -0.2) is 45.5 Å². The summed E-state index contributed by atoms with van der Waals surface area (Å²) >= 11 is 0. The highest BCUT2D eigenvalue weighted by atomic mass is 16.6. The highest BCUT2D eigenvalue weighted by Crippen LogP contribution is 2.40. The van der Waals surface area contributed by atoms with Gasteiger partial charge in [0.05, 0.1) is 30.8 Å². The maximum atomic E-state index is 13.4. The lowest BCUT2D eigenvalue weighted by Crippen LogP contribution is -2.39. The van der Waals surface area contributed by atoms with Gasteiger partial charge in [-0.15, -0.1) is 0 Å². The van der Waals surface area contributed by atoms with E-state index in [-0.39, 0.29) is 41.7 Å². The number of esters is 1. The number of phenolic OH excluding ortho intramolecular Hbond substituents is 1. The van der Waals surface area contributed by atoms with Crippen molar-refractivity contribution < 1.29 is 24.2 Å². The van der Waals surface area contributed by atoms with E-state index in [1.165, 1.54) is 0 Å². The highest BCUT2D eigenvalue weighted by Gasteiger charge is 2.27. The maximum absolute atomic E-state index is 13.4. The summed E-state index contributed by atoms with van der Waals surface area (Å²) in [4.78, 5) is 25.9. The van der Waals surface area contributed by atoms with Crippen molar-refractivity contribution in [2.45, 2.75) is 84.4 Å². The minimum atomic E-state index is -0.596. The summed E-state index contributed by atoms with van der Waals surface area (Å²) in [6, 6.07) is 6.30. The summed E-state index contributed by atoms with van der Waals surface area (Å²) in [6.45, 7) is 9.55. The third-order valence-electron chi connectivity index (χ3n) is 5.92. The Morgan fingerprint density at radius 3 is 2.64 bits per heavy atom. The van der Waals surface area contributed by atoms with Crippen molar-refractivity contribution in [3.8, 4) is 22.8 Å². The Hall–Kier alpha value is -3.29. The van der Waals surface area contributed by atoms with Gasteiger partial charge in [0, 0.05) is 6.04 Å². The topological polar surface area (TPSA) is 103 Å². The number of allylic oxidation sites excluding steroid dienone is 2. The molecule has 2 N–H and O–H groups in total. The third-order valence-corrected chi connectivity index (χ3v) is 5.92. The number of benzene rings is 1. The predicted molar refractivity (Wildman–Crippen MR) is 139 cm³/mol. The van der Waals surface area contributed by atoms with Crippen LogP contribution in [0.2, 0.25) is 0 Å². The van der Waals surface area contributed by atoms with E-state index in [0.29, 0.717) is 23.4 Å². The maximum Gasteiger partial charge on any atom is 0.308 e. The van der Waals surface area contributed by atoms with E-state index in [2.05, 4.69) is 22.6 Å². The summed E-state index contributed by atoms with van der Waals surface area (Å²) in [5.74, 6) is 0.0727. The second kappa shape index (κ2) is 11.6. The van der Waals surface area contributed by atoms with Gasteiger partial charge < -0.3 is 19.9 Å². The number of methoxy groups -OCH3 is 1. The zero-order chi connectivity index (χ0) is 26.5. The first-order valence-electron chi connectivity index (χ1n) is 12.6. The van der Waals surface area contributed by atoms with Gasteiger partial charge in [0.15, 0.2) is 5.69 Å². The van der Waals surface area contributed by atoms with Crippen LogP contribution < -0.4 is 10.1 Å². The fourth-order valence-corrected chi connectivity index (χ4v) is 4.50. The van der Waals surface area contributed by atoms with Gasteiger partial charge in [-0.1, -0.05) is 32.1 Å². The van der Waals surface area contributed by atoms with Crippen molar-refractivity contribution in [1.29, 1.82) is 0 Å². The molecular weight excluding hydrogens is 458 g/mol. The number of aromatic nitrogens is 2. The molecule has 0 saturated heterocycles. The van der Waals surface area contributed by atoms with Gasteiger partial charge in [0.2, 0.25) is 0 Å². The van der Waals surface area contributed by atoms with Crippen LogP contribution in [0.5, 0.6) is 11.5 Å². The van der Waals surface area contributed by atoms with E-state index >= 15 is 0 Å². The number of phenols is 1. The molecule has 1 aromatic carbocycles. The van der Waals surface area contributed by atoms with Crippen molar-refractivity contribution >= 4 is 11.9 Å². The zero-order valence-electron chi connectivity index (χ0n) is 22.2.